The fourth-order valence-corrected chi connectivity index (χ4v) is 5.79. The third-order valence-corrected chi connectivity index (χ3v) is 7.77. The first-order chi connectivity index (χ1) is 16.9. The molecule has 6 nitrogen and oxygen atoms in total. The summed E-state index contributed by atoms with van der Waals surface area (Å²) in [5.74, 6) is -0.789. The van der Waals surface area contributed by atoms with E-state index in [2.05, 4.69) is 4.98 Å². The highest BCUT2D eigenvalue weighted by atomic mass is 32.1. The highest BCUT2D eigenvalue weighted by Crippen LogP contribution is 2.37. The van der Waals surface area contributed by atoms with E-state index in [1.807, 2.05) is 0 Å². The van der Waals surface area contributed by atoms with E-state index in [-0.39, 0.29) is 11.7 Å². The standard InChI is InChI=1S/C26H25F2N2O4S/c27-20-5-1-3-18(13-20)24(19-4-2-6-21(28)14-19)34-26(32)33-23-16-30(10-7-17(23)8-11-30)15-22(31)25-29-9-12-35-25/h1-6,9,12-14,17,23-24H,7-8,10-11,15-16H2/q+1/t17?,23-,30?/m0/s1. The number of carbonyl (C=O) groups is 2. The van der Waals surface area contributed by atoms with E-state index in [4.69, 9.17) is 9.47 Å². The van der Waals surface area contributed by atoms with Gasteiger partial charge in [-0.1, -0.05) is 24.3 Å². The predicted octanol–water partition coefficient (Wildman–Crippen LogP) is 5.16. The molecule has 0 spiro atoms. The van der Waals surface area contributed by atoms with Gasteiger partial charge in [-0.05, 0) is 24.3 Å². The Labute approximate surface area is 205 Å². The lowest BCUT2D eigenvalue weighted by molar-refractivity contribution is -0.938. The number of benzene rings is 2. The number of halogens is 2. The van der Waals surface area contributed by atoms with Crippen LogP contribution in [0.2, 0.25) is 0 Å². The minimum absolute atomic E-state index is 0.000973. The molecule has 0 radical (unpaired) electrons. The fraction of sp³-hybridized carbons (Fsp3) is 0.346. The Kier molecular flexibility index (Phi) is 6.62. The first-order valence-electron chi connectivity index (χ1n) is 11.6. The van der Waals surface area contributed by atoms with Gasteiger partial charge in [-0.3, -0.25) is 4.79 Å². The maximum Gasteiger partial charge on any atom is 0.509 e. The molecule has 3 fully saturated rings. The average molecular weight is 500 g/mol. The summed E-state index contributed by atoms with van der Waals surface area (Å²) in [7, 11) is 0. The van der Waals surface area contributed by atoms with Gasteiger partial charge in [-0.25, -0.2) is 18.6 Å². The monoisotopic (exact) mass is 499 g/mol. The van der Waals surface area contributed by atoms with Gasteiger partial charge in [0.1, 0.15) is 24.7 Å². The van der Waals surface area contributed by atoms with E-state index < -0.39 is 30.0 Å². The van der Waals surface area contributed by atoms with E-state index >= 15 is 0 Å². The maximum atomic E-state index is 13.9. The van der Waals surface area contributed by atoms with Crippen molar-refractivity contribution in [2.24, 2.45) is 5.92 Å². The molecule has 3 saturated heterocycles. The molecule has 0 aliphatic carbocycles. The van der Waals surface area contributed by atoms with Crippen molar-refractivity contribution < 1.29 is 32.3 Å². The number of ether oxygens (including phenoxy) is 2. The van der Waals surface area contributed by atoms with Crippen LogP contribution in [0.3, 0.4) is 0 Å². The second kappa shape index (κ2) is 9.83. The van der Waals surface area contributed by atoms with Gasteiger partial charge in [0, 0.05) is 41.5 Å². The normalized spacial score (nSPS) is 23.3. The number of ketones is 1. The summed E-state index contributed by atoms with van der Waals surface area (Å²) < 4.78 is 39.8. The van der Waals surface area contributed by atoms with Crippen LogP contribution in [0.15, 0.2) is 60.1 Å². The summed E-state index contributed by atoms with van der Waals surface area (Å²) in [6.07, 6.45) is 1.00. The molecule has 3 aromatic rings. The van der Waals surface area contributed by atoms with Gasteiger partial charge in [0.15, 0.2) is 17.2 Å². The molecule has 9 heteroatoms. The second-order valence-corrected chi connectivity index (χ2v) is 10.1. The van der Waals surface area contributed by atoms with E-state index in [0.717, 1.165) is 25.9 Å². The van der Waals surface area contributed by atoms with Crippen LogP contribution in [0.25, 0.3) is 0 Å². The number of Topliss-reactive ketones (excluding diaryl/α,β-unsaturated/α-hetero) is 1. The third kappa shape index (κ3) is 5.26. The van der Waals surface area contributed by atoms with Crippen LogP contribution in [-0.2, 0) is 9.47 Å². The van der Waals surface area contributed by atoms with E-state index in [0.29, 0.717) is 33.7 Å². The number of carbonyl (C=O) groups excluding carboxylic acids is 2. The van der Waals surface area contributed by atoms with Gasteiger partial charge in [0.25, 0.3) is 0 Å². The Bertz CT molecular complexity index is 1170. The number of piperidine rings is 3. The van der Waals surface area contributed by atoms with Crippen LogP contribution in [-0.4, -0.2) is 53.7 Å². The van der Waals surface area contributed by atoms with Gasteiger partial charge in [-0.15, -0.1) is 11.3 Å². The summed E-state index contributed by atoms with van der Waals surface area (Å²) in [6, 6.07) is 11.3. The summed E-state index contributed by atoms with van der Waals surface area (Å²) in [4.78, 5) is 29.8. The van der Waals surface area contributed by atoms with Crippen molar-refractivity contribution in [2.45, 2.75) is 25.0 Å². The molecule has 2 bridgehead atoms. The average Bonchev–Trinajstić information content (AvgIpc) is 3.38. The number of hydrogen-bond acceptors (Lipinski definition) is 6. The quantitative estimate of drug-likeness (QED) is 0.255. The molecule has 3 aliphatic heterocycles. The lowest BCUT2D eigenvalue weighted by Gasteiger charge is -2.51. The smallest absolute Gasteiger partial charge is 0.425 e. The molecule has 0 amide bonds. The molecule has 2 aromatic carbocycles. The second-order valence-electron chi connectivity index (χ2n) is 9.24. The van der Waals surface area contributed by atoms with Crippen LogP contribution in [0.1, 0.15) is 39.9 Å². The number of hydrogen-bond donors (Lipinski definition) is 0. The Morgan fingerprint density at radius 2 is 1.71 bits per heavy atom. The van der Waals surface area contributed by atoms with Crippen LogP contribution in [0.5, 0.6) is 0 Å². The Morgan fingerprint density at radius 1 is 1.06 bits per heavy atom. The maximum absolute atomic E-state index is 13.9. The Balaban J connectivity index is 1.30. The highest BCUT2D eigenvalue weighted by molar-refractivity contribution is 7.11. The molecule has 0 unspecified atom stereocenters. The van der Waals surface area contributed by atoms with E-state index in [1.165, 1.54) is 47.7 Å². The molecule has 182 valence electrons. The number of fused-ring (bicyclic) bond motifs is 3. The molecular formula is C26H25F2N2O4S+. The van der Waals surface area contributed by atoms with Crippen molar-refractivity contribution in [3.05, 3.63) is 87.9 Å². The van der Waals surface area contributed by atoms with Crippen molar-refractivity contribution in [2.75, 3.05) is 26.2 Å². The summed E-state index contributed by atoms with van der Waals surface area (Å²) in [5, 5.41) is 2.28. The molecule has 6 rings (SSSR count). The van der Waals surface area contributed by atoms with Gasteiger partial charge in [0.05, 0.1) is 13.1 Å². The topological polar surface area (TPSA) is 65.5 Å². The predicted molar refractivity (Wildman–Crippen MR) is 125 cm³/mol. The first-order valence-corrected chi connectivity index (χ1v) is 12.4. The molecule has 1 atom stereocenters. The van der Waals surface area contributed by atoms with Crippen molar-refractivity contribution in [3.63, 3.8) is 0 Å². The number of quaternary nitrogens is 1. The first kappa shape index (κ1) is 23.6. The van der Waals surface area contributed by atoms with Gasteiger partial charge < -0.3 is 14.0 Å². The zero-order valence-electron chi connectivity index (χ0n) is 18.9. The van der Waals surface area contributed by atoms with Crippen molar-refractivity contribution >= 4 is 23.3 Å². The van der Waals surface area contributed by atoms with Crippen molar-refractivity contribution in [1.29, 1.82) is 0 Å². The lowest BCUT2D eigenvalue weighted by atomic mass is 9.83. The third-order valence-electron chi connectivity index (χ3n) is 6.96. The van der Waals surface area contributed by atoms with Crippen LogP contribution in [0.4, 0.5) is 13.6 Å². The molecule has 3 aliphatic rings. The number of aromatic nitrogens is 1. The fourth-order valence-electron chi connectivity index (χ4n) is 5.23. The SMILES string of the molecule is O=C(OC(c1cccc(F)c1)c1cccc(F)c1)O[C@H]1C[N+]2(CC(=O)c3nccs3)CCC1CC2. The van der Waals surface area contributed by atoms with E-state index in [9.17, 15) is 18.4 Å². The number of thiazole rings is 1. The molecule has 1 aromatic heterocycles. The van der Waals surface area contributed by atoms with Crippen LogP contribution in [0, 0.1) is 17.6 Å². The van der Waals surface area contributed by atoms with Gasteiger partial charge in [0.2, 0.25) is 5.78 Å². The van der Waals surface area contributed by atoms with E-state index in [1.54, 1.807) is 23.7 Å². The zero-order chi connectivity index (χ0) is 24.4. The summed E-state index contributed by atoms with van der Waals surface area (Å²) >= 11 is 1.33. The molecule has 4 heterocycles. The lowest BCUT2D eigenvalue weighted by Crippen LogP contribution is -2.65. The van der Waals surface area contributed by atoms with Crippen LogP contribution >= 0.6 is 11.3 Å². The Hall–Kier alpha value is -3.17. The van der Waals surface area contributed by atoms with Crippen molar-refractivity contribution in [1.82, 2.24) is 4.98 Å². The largest absolute Gasteiger partial charge is 0.509 e. The van der Waals surface area contributed by atoms with Crippen molar-refractivity contribution in [3.8, 4) is 0 Å². The van der Waals surface area contributed by atoms with Crippen LogP contribution < -0.4 is 0 Å². The number of rotatable bonds is 7. The Morgan fingerprint density at radius 3 is 2.29 bits per heavy atom. The zero-order valence-corrected chi connectivity index (χ0v) is 19.8. The summed E-state index contributed by atoms with van der Waals surface area (Å²) in [5.41, 5.74) is 0.748. The minimum atomic E-state index is -1.02. The highest BCUT2D eigenvalue weighted by Gasteiger charge is 2.49. The molecule has 0 saturated carbocycles. The molecular weight excluding hydrogens is 474 g/mol. The molecule has 0 N–H and O–H groups in total. The molecule has 35 heavy (non-hydrogen) atoms. The summed E-state index contributed by atoms with van der Waals surface area (Å²) in [6.45, 7) is 2.56. The van der Waals surface area contributed by atoms with Gasteiger partial charge in [-0.2, -0.15) is 0 Å². The number of nitrogens with zero attached hydrogens (tertiary/aromatic N) is 2. The van der Waals surface area contributed by atoms with Gasteiger partial charge >= 0.3 is 6.16 Å². The minimum Gasteiger partial charge on any atom is -0.425 e.